The number of anilines is 1. The quantitative estimate of drug-likeness (QED) is 0.352. The molecular weight excluding hydrogens is 446 g/mol. The summed E-state index contributed by atoms with van der Waals surface area (Å²) in [6.45, 7) is 2.55. The molecular formula is C28H30ClN3O2. The van der Waals surface area contributed by atoms with Gasteiger partial charge in [0.1, 0.15) is 6.07 Å². The minimum atomic E-state index is -0.246. The van der Waals surface area contributed by atoms with Crippen molar-refractivity contribution in [2.45, 2.75) is 64.3 Å². The van der Waals surface area contributed by atoms with Gasteiger partial charge in [0.25, 0.3) is 0 Å². The van der Waals surface area contributed by atoms with Gasteiger partial charge in [-0.1, -0.05) is 43.9 Å². The van der Waals surface area contributed by atoms with Crippen molar-refractivity contribution in [3.63, 3.8) is 0 Å². The number of benzene rings is 2. The van der Waals surface area contributed by atoms with Crippen molar-refractivity contribution in [1.29, 1.82) is 5.26 Å². The van der Waals surface area contributed by atoms with E-state index in [1.54, 1.807) is 6.07 Å². The monoisotopic (exact) mass is 475 g/mol. The van der Waals surface area contributed by atoms with Crippen LogP contribution in [0, 0.1) is 23.2 Å². The Labute approximate surface area is 206 Å². The van der Waals surface area contributed by atoms with Crippen molar-refractivity contribution in [2.75, 3.05) is 11.6 Å². The number of carbonyl (C=O) groups is 1. The number of nitrogens with zero attached hydrogens (tertiary/aromatic N) is 3. The van der Waals surface area contributed by atoms with E-state index < -0.39 is 0 Å². The minimum Gasteiger partial charge on any atom is -0.462 e. The molecule has 1 saturated carbocycles. The minimum absolute atomic E-state index is 0.246. The first kappa shape index (κ1) is 22.9. The number of rotatable bonds is 6. The van der Waals surface area contributed by atoms with Gasteiger partial charge in [-0.3, -0.25) is 5.01 Å². The number of aryl methyl sites for hydroxylation is 1. The van der Waals surface area contributed by atoms with Crippen LogP contribution in [0.4, 0.5) is 5.69 Å². The standard InChI is InChI=1S/C28H30ClN3O2/c1-2-3-14-34-28(33)20-10-12-23-19(15-20)9-13-24-26(23)31-32(27(24)18-6-4-5-7-18)22-11-8-21(17-30)25(29)16-22/h8,10-12,15-16,18,24,27H,2-7,9,13-14H2,1H3/t24-,27-/m0/s1. The van der Waals surface area contributed by atoms with Gasteiger partial charge in [0.05, 0.1) is 40.2 Å². The van der Waals surface area contributed by atoms with Crippen LogP contribution in [0.5, 0.6) is 0 Å². The number of hydrogen-bond donors (Lipinski definition) is 0. The smallest absolute Gasteiger partial charge is 0.338 e. The third-order valence-corrected chi connectivity index (χ3v) is 7.87. The molecule has 0 aromatic heterocycles. The molecule has 0 amide bonds. The maximum absolute atomic E-state index is 12.5. The lowest BCUT2D eigenvalue weighted by molar-refractivity contribution is 0.0499. The molecule has 1 heterocycles. The van der Waals surface area contributed by atoms with E-state index in [1.165, 1.54) is 31.2 Å². The highest BCUT2D eigenvalue weighted by atomic mass is 35.5. The van der Waals surface area contributed by atoms with Crippen molar-refractivity contribution < 1.29 is 9.53 Å². The third-order valence-electron chi connectivity index (χ3n) is 7.55. The second kappa shape index (κ2) is 9.80. The van der Waals surface area contributed by atoms with Crippen LogP contribution < -0.4 is 5.01 Å². The van der Waals surface area contributed by atoms with Gasteiger partial charge in [-0.15, -0.1) is 0 Å². The number of fused-ring (bicyclic) bond motifs is 3. The summed E-state index contributed by atoms with van der Waals surface area (Å²) in [5.41, 5.74) is 5.48. The average molecular weight is 476 g/mol. The van der Waals surface area contributed by atoms with E-state index >= 15 is 0 Å². The molecule has 1 aliphatic heterocycles. The SMILES string of the molecule is CCCCOC(=O)c1ccc2c(c1)CC[C@H]1C2=NN(c2ccc(C#N)c(Cl)c2)[C@H]1C1CCCC1. The fourth-order valence-corrected chi connectivity index (χ4v) is 6.04. The fraction of sp³-hybridized carbons (Fsp3) is 0.464. The Kier molecular flexibility index (Phi) is 6.61. The van der Waals surface area contributed by atoms with Crippen LogP contribution in [0.25, 0.3) is 0 Å². The highest BCUT2D eigenvalue weighted by molar-refractivity contribution is 6.32. The number of unbranched alkanes of at least 4 members (excludes halogenated alkanes) is 1. The molecule has 1 fully saturated rings. The van der Waals surface area contributed by atoms with Gasteiger partial charge in [-0.2, -0.15) is 10.4 Å². The average Bonchev–Trinajstić information content (AvgIpc) is 3.51. The molecule has 2 aliphatic carbocycles. The first-order valence-corrected chi connectivity index (χ1v) is 12.9. The van der Waals surface area contributed by atoms with Gasteiger partial charge in [-0.25, -0.2) is 4.79 Å². The normalized spacial score (nSPS) is 21.6. The van der Waals surface area contributed by atoms with E-state index in [0.29, 0.717) is 40.6 Å². The first-order chi connectivity index (χ1) is 16.6. The number of halogens is 1. The predicted octanol–water partition coefficient (Wildman–Crippen LogP) is 6.51. The molecule has 6 heteroatoms. The summed E-state index contributed by atoms with van der Waals surface area (Å²) in [5, 5.41) is 17.1. The summed E-state index contributed by atoms with van der Waals surface area (Å²) in [7, 11) is 0. The lowest BCUT2D eigenvalue weighted by Crippen LogP contribution is -2.40. The van der Waals surface area contributed by atoms with Crippen LogP contribution in [-0.2, 0) is 11.2 Å². The Morgan fingerprint density at radius 2 is 2.03 bits per heavy atom. The van der Waals surface area contributed by atoms with Crippen LogP contribution in [0.15, 0.2) is 41.5 Å². The molecule has 0 N–H and O–H groups in total. The zero-order valence-corrected chi connectivity index (χ0v) is 20.4. The summed E-state index contributed by atoms with van der Waals surface area (Å²) in [6, 6.07) is 14.0. The Bertz CT molecular complexity index is 1160. The maximum atomic E-state index is 12.5. The van der Waals surface area contributed by atoms with Gasteiger partial charge in [-0.05, 0) is 73.9 Å². The first-order valence-electron chi connectivity index (χ1n) is 12.5. The largest absolute Gasteiger partial charge is 0.462 e. The molecule has 2 aromatic rings. The van der Waals surface area contributed by atoms with Crippen molar-refractivity contribution in [2.24, 2.45) is 16.9 Å². The Balaban J connectivity index is 1.48. The summed E-state index contributed by atoms with van der Waals surface area (Å²) >= 11 is 6.40. The summed E-state index contributed by atoms with van der Waals surface area (Å²) in [5.74, 6) is 0.701. The van der Waals surface area contributed by atoms with Gasteiger partial charge in [0, 0.05) is 11.5 Å². The van der Waals surface area contributed by atoms with E-state index in [0.717, 1.165) is 42.6 Å². The number of nitriles is 1. The van der Waals surface area contributed by atoms with Crippen molar-refractivity contribution in [3.05, 3.63) is 63.7 Å². The summed E-state index contributed by atoms with van der Waals surface area (Å²) in [6.07, 6.45) is 8.81. The summed E-state index contributed by atoms with van der Waals surface area (Å²) < 4.78 is 5.42. The highest BCUT2D eigenvalue weighted by Gasteiger charge is 2.45. The van der Waals surface area contributed by atoms with Gasteiger partial charge < -0.3 is 4.74 Å². The van der Waals surface area contributed by atoms with E-state index in [1.807, 2.05) is 24.3 Å². The molecule has 2 atom stereocenters. The number of carbonyl (C=O) groups excluding carboxylic acids is 1. The van der Waals surface area contributed by atoms with Gasteiger partial charge >= 0.3 is 5.97 Å². The zero-order chi connectivity index (χ0) is 23.7. The van der Waals surface area contributed by atoms with E-state index in [2.05, 4.69) is 24.1 Å². The van der Waals surface area contributed by atoms with Crippen LogP contribution in [0.1, 0.15) is 78.9 Å². The second-order valence-electron chi connectivity index (χ2n) is 9.65. The predicted molar refractivity (Wildman–Crippen MR) is 134 cm³/mol. The highest BCUT2D eigenvalue weighted by Crippen LogP contribution is 2.45. The number of ether oxygens (including phenoxy) is 1. The molecule has 5 rings (SSSR count). The molecule has 2 aromatic carbocycles. The molecule has 0 bridgehead atoms. The molecule has 0 radical (unpaired) electrons. The second-order valence-corrected chi connectivity index (χ2v) is 10.1. The molecule has 0 saturated heterocycles. The van der Waals surface area contributed by atoms with Crippen LogP contribution >= 0.6 is 11.6 Å². The van der Waals surface area contributed by atoms with Crippen molar-refractivity contribution in [1.82, 2.24) is 0 Å². The van der Waals surface area contributed by atoms with Gasteiger partial charge in [0.15, 0.2) is 0 Å². The number of esters is 1. The van der Waals surface area contributed by atoms with Gasteiger partial charge in [0.2, 0.25) is 0 Å². The van der Waals surface area contributed by atoms with Crippen LogP contribution in [0.3, 0.4) is 0 Å². The van der Waals surface area contributed by atoms with E-state index in [9.17, 15) is 10.1 Å². The van der Waals surface area contributed by atoms with Crippen molar-refractivity contribution in [3.8, 4) is 6.07 Å². The summed E-state index contributed by atoms with van der Waals surface area (Å²) in [4.78, 5) is 12.5. The number of hydrogen-bond acceptors (Lipinski definition) is 5. The molecule has 0 unspecified atom stereocenters. The third kappa shape index (κ3) is 4.20. The number of hydrazone groups is 1. The lowest BCUT2D eigenvalue weighted by atomic mass is 9.75. The topological polar surface area (TPSA) is 65.7 Å². The van der Waals surface area contributed by atoms with Crippen LogP contribution in [-0.4, -0.2) is 24.3 Å². The molecule has 176 valence electrons. The van der Waals surface area contributed by atoms with Crippen molar-refractivity contribution >= 4 is 29.0 Å². The van der Waals surface area contributed by atoms with Crippen LogP contribution in [0.2, 0.25) is 5.02 Å². The Morgan fingerprint density at radius 1 is 1.21 bits per heavy atom. The Hall–Kier alpha value is -2.84. The fourth-order valence-electron chi connectivity index (χ4n) is 5.83. The molecule has 3 aliphatic rings. The zero-order valence-electron chi connectivity index (χ0n) is 19.6. The molecule has 34 heavy (non-hydrogen) atoms. The van der Waals surface area contributed by atoms with E-state index in [-0.39, 0.29) is 5.97 Å². The van der Waals surface area contributed by atoms with E-state index in [4.69, 9.17) is 21.4 Å². The maximum Gasteiger partial charge on any atom is 0.338 e. The molecule has 0 spiro atoms. The lowest BCUT2D eigenvalue weighted by Gasteiger charge is -2.34. The Morgan fingerprint density at radius 3 is 2.76 bits per heavy atom. The molecule has 5 nitrogen and oxygen atoms in total.